The van der Waals surface area contributed by atoms with E-state index in [0.717, 1.165) is 29.0 Å². The van der Waals surface area contributed by atoms with E-state index in [4.69, 9.17) is 21.7 Å². The van der Waals surface area contributed by atoms with Crippen LogP contribution in [0, 0.1) is 4.77 Å². The van der Waals surface area contributed by atoms with Crippen LogP contribution in [0.5, 0.6) is 11.5 Å². The first-order chi connectivity index (χ1) is 12.7. The molecule has 0 aliphatic heterocycles. The third kappa shape index (κ3) is 4.18. The van der Waals surface area contributed by atoms with E-state index in [9.17, 15) is 0 Å². The molecule has 3 aromatic rings. The first-order valence-electron chi connectivity index (χ1n) is 8.30. The maximum absolute atomic E-state index is 5.58. The highest BCUT2D eigenvalue weighted by Crippen LogP contribution is 2.21. The summed E-state index contributed by atoms with van der Waals surface area (Å²) in [4.78, 5) is 0. The van der Waals surface area contributed by atoms with Crippen molar-refractivity contribution in [1.82, 2.24) is 14.9 Å². The fourth-order valence-electron chi connectivity index (χ4n) is 2.32. The van der Waals surface area contributed by atoms with Crippen molar-refractivity contribution in [2.45, 2.75) is 13.3 Å². The molecule has 0 radical (unpaired) electrons. The highest BCUT2D eigenvalue weighted by atomic mass is 32.1. The lowest BCUT2D eigenvalue weighted by Crippen LogP contribution is -1.96. The van der Waals surface area contributed by atoms with Crippen LogP contribution >= 0.6 is 12.2 Å². The second kappa shape index (κ2) is 8.44. The Labute approximate surface area is 157 Å². The Morgan fingerprint density at radius 3 is 2.46 bits per heavy atom. The van der Waals surface area contributed by atoms with E-state index in [2.05, 4.69) is 22.2 Å². The van der Waals surface area contributed by atoms with Crippen LogP contribution < -0.4 is 9.47 Å². The second-order valence-electron chi connectivity index (χ2n) is 5.55. The Morgan fingerprint density at radius 1 is 1.12 bits per heavy atom. The van der Waals surface area contributed by atoms with Gasteiger partial charge in [0.15, 0.2) is 5.82 Å². The molecule has 0 aliphatic rings. The maximum atomic E-state index is 5.58. The molecule has 0 unspecified atom stereocenters. The van der Waals surface area contributed by atoms with E-state index in [1.54, 1.807) is 18.0 Å². The fourth-order valence-corrected chi connectivity index (χ4v) is 2.50. The van der Waals surface area contributed by atoms with E-state index < -0.39 is 0 Å². The number of ether oxygens (including phenoxy) is 2. The molecule has 0 bridgehead atoms. The average molecular weight is 368 g/mol. The van der Waals surface area contributed by atoms with Gasteiger partial charge in [-0.2, -0.15) is 14.9 Å². The SMILES string of the molecule is CCCOc1ccc(/C=N/n2c(-c3ccc(OC)cc3)n[nH]c2=S)cc1. The van der Waals surface area contributed by atoms with E-state index in [1.165, 1.54) is 0 Å². The second-order valence-corrected chi connectivity index (χ2v) is 5.94. The van der Waals surface area contributed by atoms with Gasteiger partial charge in [-0.15, -0.1) is 0 Å². The predicted molar refractivity (Wildman–Crippen MR) is 105 cm³/mol. The number of aromatic amines is 1. The van der Waals surface area contributed by atoms with Crippen molar-refractivity contribution in [2.75, 3.05) is 13.7 Å². The van der Waals surface area contributed by atoms with Crippen molar-refractivity contribution in [3.8, 4) is 22.9 Å². The average Bonchev–Trinajstić information content (AvgIpc) is 3.06. The van der Waals surface area contributed by atoms with Gasteiger partial charge >= 0.3 is 0 Å². The quantitative estimate of drug-likeness (QED) is 0.499. The molecule has 0 aliphatic carbocycles. The summed E-state index contributed by atoms with van der Waals surface area (Å²) >= 11 is 5.29. The normalized spacial score (nSPS) is 11.0. The fraction of sp³-hybridized carbons (Fsp3) is 0.211. The lowest BCUT2D eigenvalue weighted by Gasteiger charge is -2.04. The number of rotatable bonds is 7. The van der Waals surface area contributed by atoms with Crippen LogP contribution in [-0.4, -0.2) is 34.8 Å². The molecular formula is C19H20N4O2S. The first kappa shape index (κ1) is 17.9. The number of hydrogen-bond acceptors (Lipinski definition) is 5. The summed E-state index contributed by atoms with van der Waals surface area (Å²) in [6, 6.07) is 15.3. The minimum absolute atomic E-state index is 0.426. The Bertz CT molecular complexity index is 927. The number of hydrogen-bond donors (Lipinski definition) is 1. The minimum atomic E-state index is 0.426. The Kier molecular flexibility index (Phi) is 5.80. The molecule has 0 spiro atoms. The molecule has 6 nitrogen and oxygen atoms in total. The van der Waals surface area contributed by atoms with Crippen LogP contribution in [0.4, 0.5) is 0 Å². The van der Waals surface area contributed by atoms with E-state index in [1.807, 2.05) is 48.5 Å². The molecule has 7 heteroatoms. The smallest absolute Gasteiger partial charge is 0.216 e. The Balaban J connectivity index is 1.82. The zero-order valence-electron chi connectivity index (χ0n) is 14.7. The minimum Gasteiger partial charge on any atom is -0.497 e. The monoisotopic (exact) mass is 368 g/mol. The Hall–Kier alpha value is -2.93. The number of methoxy groups -OCH3 is 1. The van der Waals surface area contributed by atoms with Crippen LogP contribution in [-0.2, 0) is 0 Å². The number of aromatic nitrogens is 3. The number of benzene rings is 2. The van der Waals surface area contributed by atoms with Gasteiger partial charge in [-0.3, -0.25) is 0 Å². The molecule has 26 heavy (non-hydrogen) atoms. The van der Waals surface area contributed by atoms with Gasteiger partial charge in [-0.05, 0) is 72.7 Å². The molecule has 0 saturated heterocycles. The van der Waals surface area contributed by atoms with Gasteiger partial charge in [0.1, 0.15) is 11.5 Å². The van der Waals surface area contributed by atoms with Crippen molar-refractivity contribution >= 4 is 18.4 Å². The Morgan fingerprint density at radius 2 is 1.81 bits per heavy atom. The van der Waals surface area contributed by atoms with Gasteiger partial charge in [0.2, 0.25) is 4.77 Å². The molecule has 3 rings (SSSR count). The number of nitrogens with zero attached hydrogens (tertiary/aromatic N) is 3. The maximum Gasteiger partial charge on any atom is 0.216 e. The van der Waals surface area contributed by atoms with Gasteiger partial charge < -0.3 is 9.47 Å². The first-order valence-corrected chi connectivity index (χ1v) is 8.71. The highest BCUT2D eigenvalue weighted by Gasteiger charge is 2.08. The van der Waals surface area contributed by atoms with Gasteiger partial charge in [0, 0.05) is 5.56 Å². The van der Waals surface area contributed by atoms with E-state index >= 15 is 0 Å². The van der Waals surface area contributed by atoms with Crippen molar-refractivity contribution in [1.29, 1.82) is 0 Å². The highest BCUT2D eigenvalue weighted by molar-refractivity contribution is 7.71. The van der Waals surface area contributed by atoms with Crippen molar-refractivity contribution in [3.05, 3.63) is 58.9 Å². The molecule has 0 fully saturated rings. The van der Waals surface area contributed by atoms with E-state index in [-0.39, 0.29) is 0 Å². The van der Waals surface area contributed by atoms with Crippen LogP contribution in [0.25, 0.3) is 11.4 Å². The van der Waals surface area contributed by atoms with Gasteiger partial charge in [0.25, 0.3) is 0 Å². The third-order valence-corrected chi connectivity index (χ3v) is 3.94. The van der Waals surface area contributed by atoms with Gasteiger partial charge in [-0.1, -0.05) is 6.92 Å². The largest absolute Gasteiger partial charge is 0.497 e. The number of H-pyrrole nitrogens is 1. The lowest BCUT2D eigenvalue weighted by atomic mass is 10.2. The summed E-state index contributed by atoms with van der Waals surface area (Å²) in [5, 5.41) is 11.5. The summed E-state index contributed by atoms with van der Waals surface area (Å²) < 4.78 is 12.8. The predicted octanol–water partition coefficient (Wildman–Crippen LogP) is 4.29. The molecule has 1 N–H and O–H groups in total. The zero-order valence-corrected chi connectivity index (χ0v) is 15.5. The molecular weight excluding hydrogens is 348 g/mol. The summed E-state index contributed by atoms with van der Waals surface area (Å²) in [5.41, 5.74) is 1.83. The molecule has 0 atom stereocenters. The van der Waals surface area contributed by atoms with Crippen molar-refractivity contribution in [3.63, 3.8) is 0 Å². The van der Waals surface area contributed by atoms with Gasteiger partial charge in [-0.25, -0.2) is 5.10 Å². The third-order valence-electron chi connectivity index (χ3n) is 3.67. The van der Waals surface area contributed by atoms with Crippen LogP contribution in [0.1, 0.15) is 18.9 Å². The summed E-state index contributed by atoms with van der Waals surface area (Å²) in [7, 11) is 1.63. The van der Waals surface area contributed by atoms with Crippen LogP contribution in [0.2, 0.25) is 0 Å². The molecule has 134 valence electrons. The zero-order chi connectivity index (χ0) is 18.4. The summed E-state index contributed by atoms with van der Waals surface area (Å²) in [6.07, 6.45) is 2.72. The van der Waals surface area contributed by atoms with Crippen LogP contribution in [0.15, 0.2) is 53.6 Å². The summed E-state index contributed by atoms with van der Waals surface area (Å²) in [6.45, 7) is 2.79. The molecule has 0 amide bonds. The molecule has 1 heterocycles. The lowest BCUT2D eigenvalue weighted by molar-refractivity contribution is 0.317. The molecule has 2 aromatic carbocycles. The van der Waals surface area contributed by atoms with Crippen LogP contribution in [0.3, 0.4) is 0 Å². The van der Waals surface area contributed by atoms with Gasteiger partial charge in [0.05, 0.1) is 19.9 Å². The number of nitrogens with one attached hydrogen (secondary N) is 1. The summed E-state index contributed by atoms with van der Waals surface area (Å²) in [5.74, 6) is 2.27. The topological polar surface area (TPSA) is 64.4 Å². The van der Waals surface area contributed by atoms with Crippen molar-refractivity contribution in [2.24, 2.45) is 5.10 Å². The van der Waals surface area contributed by atoms with Crippen molar-refractivity contribution < 1.29 is 9.47 Å². The molecule has 0 saturated carbocycles. The molecule has 1 aromatic heterocycles. The van der Waals surface area contributed by atoms with E-state index in [0.29, 0.717) is 17.2 Å². The standard InChI is InChI=1S/C19H20N4O2S/c1-3-12-25-17-8-4-14(5-9-17)13-20-23-18(21-22-19(23)26)15-6-10-16(24-2)11-7-15/h4-11,13H,3,12H2,1-2H3,(H,22,26)/b20-13+.